The maximum atomic E-state index is 12.8. The topological polar surface area (TPSA) is 53.5 Å². The second kappa shape index (κ2) is 7.19. The molecule has 0 atom stereocenters. The van der Waals surface area contributed by atoms with Gasteiger partial charge in [-0.15, -0.1) is 11.3 Å². The Labute approximate surface area is 157 Å². The number of aromatic nitrogens is 1. The molecule has 4 rings (SSSR count). The van der Waals surface area contributed by atoms with Gasteiger partial charge in [0.05, 0.1) is 12.2 Å². The van der Waals surface area contributed by atoms with Crippen molar-refractivity contribution in [2.45, 2.75) is 45.1 Å². The molecule has 1 aromatic heterocycles. The molecule has 1 aliphatic heterocycles. The standard InChI is InChI=1S/C20H23N3O2S/c1-22(13-18-21-16-8-2-3-9-17(16)26-18)20(25)14-6-4-7-15(12-14)23-11-5-10-19(23)24/h4,6-7,12H,2-3,5,8-11,13H2,1H3. The number of benzene rings is 1. The Morgan fingerprint density at radius 2 is 2.08 bits per heavy atom. The van der Waals surface area contributed by atoms with E-state index in [1.807, 2.05) is 31.3 Å². The third-order valence-electron chi connectivity index (χ3n) is 5.09. The summed E-state index contributed by atoms with van der Waals surface area (Å²) >= 11 is 1.74. The van der Waals surface area contributed by atoms with Crippen molar-refractivity contribution in [2.75, 3.05) is 18.5 Å². The number of hydrogen-bond donors (Lipinski definition) is 0. The molecule has 0 N–H and O–H groups in total. The van der Waals surface area contributed by atoms with E-state index in [1.54, 1.807) is 21.1 Å². The summed E-state index contributed by atoms with van der Waals surface area (Å²) in [4.78, 5) is 34.4. The Morgan fingerprint density at radius 1 is 1.23 bits per heavy atom. The maximum Gasteiger partial charge on any atom is 0.254 e. The number of carbonyl (C=O) groups is 2. The number of hydrogen-bond acceptors (Lipinski definition) is 4. The van der Waals surface area contributed by atoms with Gasteiger partial charge in [0.15, 0.2) is 0 Å². The van der Waals surface area contributed by atoms with Gasteiger partial charge in [-0.05, 0) is 50.3 Å². The highest BCUT2D eigenvalue weighted by atomic mass is 32.1. The predicted octanol–water partition coefficient (Wildman–Crippen LogP) is 3.42. The fraction of sp³-hybridized carbons (Fsp3) is 0.450. The molecule has 1 fully saturated rings. The molecule has 2 aromatic rings. The summed E-state index contributed by atoms with van der Waals surface area (Å²) in [7, 11) is 1.82. The number of anilines is 1. The molecule has 6 heteroatoms. The second-order valence-electron chi connectivity index (χ2n) is 7.05. The molecule has 0 unspecified atom stereocenters. The number of fused-ring (bicyclic) bond motifs is 1. The van der Waals surface area contributed by atoms with E-state index < -0.39 is 0 Å². The van der Waals surface area contributed by atoms with E-state index in [1.165, 1.54) is 23.4 Å². The Kier molecular flexibility index (Phi) is 4.76. The summed E-state index contributed by atoms with van der Waals surface area (Å²) in [6, 6.07) is 7.39. The van der Waals surface area contributed by atoms with Gasteiger partial charge in [0.1, 0.15) is 5.01 Å². The molecule has 0 spiro atoms. The molecule has 1 aromatic carbocycles. The van der Waals surface area contributed by atoms with Crippen LogP contribution in [0.2, 0.25) is 0 Å². The molecule has 2 aliphatic rings. The molecule has 0 bridgehead atoms. The van der Waals surface area contributed by atoms with Crippen LogP contribution < -0.4 is 4.90 Å². The van der Waals surface area contributed by atoms with Gasteiger partial charge in [-0.3, -0.25) is 9.59 Å². The lowest BCUT2D eigenvalue weighted by Crippen LogP contribution is -2.27. The predicted molar refractivity (Wildman–Crippen MR) is 103 cm³/mol. The Balaban J connectivity index is 1.48. The minimum absolute atomic E-state index is 0.0355. The molecule has 136 valence electrons. The van der Waals surface area contributed by atoms with Gasteiger partial charge in [0.25, 0.3) is 5.91 Å². The lowest BCUT2D eigenvalue weighted by atomic mass is 10.0. The van der Waals surface area contributed by atoms with Crippen LogP contribution in [0.4, 0.5) is 5.69 Å². The minimum Gasteiger partial charge on any atom is -0.335 e. The molecule has 1 aliphatic carbocycles. The Morgan fingerprint density at radius 3 is 2.85 bits per heavy atom. The summed E-state index contributed by atoms with van der Waals surface area (Å²) < 4.78 is 0. The van der Waals surface area contributed by atoms with Gasteiger partial charge >= 0.3 is 0 Å². The number of amides is 2. The van der Waals surface area contributed by atoms with Gasteiger partial charge in [0, 0.05) is 36.1 Å². The van der Waals surface area contributed by atoms with Crippen LogP contribution in [0.25, 0.3) is 0 Å². The maximum absolute atomic E-state index is 12.8. The molecular weight excluding hydrogens is 346 g/mol. The van der Waals surface area contributed by atoms with E-state index in [0.29, 0.717) is 18.5 Å². The van der Waals surface area contributed by atoms with E-state index in [0.717, 1.165) is 36.5 Å². The molecule has 1 saturated heterocycles. The average molecular weight is 369 g/mol. The highest BCUT2D eigenvalue weighted by molar-refractivity contribution is 7.11. The third kappa shape index (κ3) is 3.38. The highest BCUT2D eigenvalue weighted by Crippen LogP contribution is 2.28. The summed E-state index contributed by atoms with van der Waals surface area (Å²) in [6.07, 6.45) is 6.11. The number of carbonyl (C=O) groups excluding carboxylic acids is 2. The zero-order valence-corrected chi connectivity index (χ0v) is 15.8. The van der Waals surface area contributed by atoms with E-state index in [2.05, 4.69) is 0 Å². The molecular formula is C20H23N3O2S. The fourth-order valence-corrected chi connectivity index (χ4v) is 4.91. The lowest BCUT2D eigenvalue weighted by Gasteiger charge is -2.19. The third-order valence-corrected chi connectivity index (χ3v) is 6.23. The molecule has 2 amide bonds. The molecule has 2 heterocycles. The highest BCUT2D eigenvalue weighted by Gasteiger charge is 2.23. The van der Waals surface area contributed by atoms with Crippen LogP contribution in [0, 0.1) is 0 Å². The summed E-state index contributed by atoms with van der Waals surface area (Å²) in [5, 5.41) is 1.01. The van der Waals surface area contributed by atoms with E-state index in [9.17, 15) is 9.59 Å². The average Bonchev–Trinajstić information content (AvgIpc) is 3.26. The van der Waals surface area contributed by atoms with Crippen LogP contribution in [0.15, 0.2) is 24.3 Å². The van der Waals surface area contributed by atoms with Gasteiger partial charge in [-0.25, -0.2) is 4.98 Å². The first-order valence-corrected chi connectivity index (χ1v) is 10.1. The van der Waals surface area contributed by atoms with Crippen LogP contribution in [0.1, 0.15) is 51.6 Å². The van der Waals surface area contributed by atoms with Gasteiger partial charge in [0.2, 0.25) is 5.91 Å². The number of aryl methyl sites for hydroxylation is 2. The van der Waals surface area contributed by atoms with Gasteiger partial charge in [-0.1, -0.05) is 6.07 Å². The zero-order valence-electron chi connectivity index (χ0n) is 15.0. The van der Waals surface area contributed by atoms with Crippen LogP contribution in [-0.2, 0) is 24.2 Å². The first kappa shape index (κ1) is 17.2. The number of rotatable bonds is 4. The van der Waals surface area contributed by atoms with Crippen molar-refractivity contribution in [3.8, 4) is 0 Å². The van der Waals surface area contributed by atoms with Crippen LogP contribution in [0.3, 0.4) is 0 Å². The Bertz CT molecular complexity index is 822. The lowest BCUT2D eigenvalue weighted by molar-refractivity contribution is -0.117. The molecule has 26 heavy (non-hydrogen) atoms. The van der Waals surface area contributed by atoms with Crippen molar-refractivity contribution in [3.05, 3.63) is 45.4 Å². The van der Waals surface area contributed by atoms with Gasteiger partial charge in [-0.2, -0.15) is 0 Å². The smallest absolute Gasteiger partial charge is 0.254 e. The molecule has 0 radical (unpaired) electrons. The molecule has 5 nitrogen and oxygen atoms in total. The first-order chi connectivity index (χ1) is 12.6. The van der Waals surface area contributed by atoms with Crippen molar-refractivity contribution in [1.29, 1.82) is 0 Å². The summed E-state index contributed by atoms with van der Waals surface area (Å²) in [5.74, 6) is 0.1000. The SMILES string of the molecule is CN(Cc1nc2c(s1)CCCC2)C(=O)c1cccc(N2CCCC2=O)c1. The first-order valence-electron chi connectivity index (χ1n) is 9.25. The molecule has 0 saturated carbocycles. The van der Waals surface area contributed by atoms with Crippen molar-refractivity contribution >= 4 is 28.8 Å². The summed E-state index contributed by atoms with van der Waals surface area (Å²) in [6.45, 7) is 1.26. The van der Waals surface area contributed by atoms with Crippen molar-refractivity contribution in [2.24, 2.45) is 0 Å². The van der Waals surface area contributed by atoms with Crippen molar-refractivity contribution in [1.82, 2.24) is 9.88 Å². The van der Waals surface area contributed by atoms with Crippen LogP contribution >= 0.6 is 11.3 Å². The van der Waals surface area contributed by atoms with Crippen LogP contribution in [-0.4, -0.2) is 35.3 Å². The largest absolute Gasteiger partial charge is 0.335 e. The monoisotopic (exact) mass is 369 g/mol. The summed E-state index contributed by atoms with van der Waals surface area (Å²) in [5.41, 5.74) is 2.66. The number of thiazole rings is 1. The van der Waals surface area contributed by atoms with Gasteiger partial charge < -0.3 is 9.80 Å². The van der Waals surface area contributed by atoms with E-state index in [4.69, 9.17) is 4.98 Å². The normalized spacial score (nSPS) is 16.7. The second-order valence-corrected chi connectivity index (χ2v) is 8.21. The van der Waals surface area contributed by atoms with Crippen molar-refractivity contribution in [3.63, 3.8) is 0 Å². The van der Waals surface area contributed by atoms with E-state index >= 15 is 0 Å². The fourth-order valence-electron chi connectivity index (χ4n) is 3.70. The van der Waals surface area contributed by atoms with E-state index in [-0.39, 0.29) is 11.8 Å². The zero-order chi connectivity index (χ0) is 18.1. The van der Waals surface area contributed by atoms with Crippen LogP contribution in [0.5, 0.6) is 0 Å². The minimum atomic E-state index is -0.0355. The van der Waals surface area contributed by atoms with Crippen molar-refractivity contribution < 1.29 is 9.59 Å². The quantitative estimate of drug-likeness (QED) is 0.830. The Hall–Kier alpha value is -2.21. The number of nitrogens with zero attached hydrogens (tertiary/aromatic N) is 3.